The van der Waals surface area contributed by atoms with Gasteiger partial charge in [0.15, 0.2) is 0 Å². The van der Waals surface area contributed by atoms with E-state index in [1.54, 1.807) is 6.07 Å². The monoisotopic (exact) mass is 340 g/mol. The molecule has 0 aliphatic rings. The first-order valence-corrected chi connectivity index (χ1v) is 9.36. The van der Waals surface area contributed by atoms with E-state index >= 15 is 0 Å². The highest BCUT2D eigenvalue weighted by atomic mass is 79.9. The van der Waals surface area contributed by atoms with Crippen LogP contribution in [0.2, 0.25) is 0 Å². The number of benzene rings is 2. The second-order valence-electron chi connectivity index (χ2n) is 4.27. The van der Waals surface area contributed by atoms with Crippen LogP contribution in [0.4, 0.5) is 0 Å². The lowest BCUT2D eigenvalue weighted by Crippen LogP contribution is -1.93. The molecule has 1 N–H and O–H groups in total. The molecular weight excluding hydrogens is 327 g/mol. The molecule has 2 aromatic carbocycles. The molecule has 100 valence electrons. The van der Waals surface area contributed by atoms with Crippen LogP contribution in [0.3, 0.4) is 0 Å². The van der Waals surface area contributed by atoms with Gasteiger partial charge in [0.1, 0.15) is 5.75 Å². The van der Waals surface area contributed by atoms with Crippen LogP contribution in [-0.4, -0.2) is 4.89 Å². The SMILES string of the molecule is Cc1c(OP(=O)(O)Br)ccc(-c2ccccc2)c1C. The van der Waals surface area contributed by atoms with Gasteiger partial charge in [-0.2, -0.15) is 0 Å². The molecule has 3 nitrogen and oxygen atoms in total. The third-order valence-electron chi connectivity index (χ3n) is 3.03. The summed E-state index contributed by atoms with van der Waals surface area (Å²) in [5.41, 5.74) is 4.09. The van der Waals surface area contributed by atoms with Crippen LogP contribution < -0.4 is 4.52 Å². The highest BCUT2D eigenvalue weighted by Crippen LogP contribution is 2.51. The number of hydrogen-bond acceptors (Lipinski definition) is 2. The van der Waals surface area contributed by atoms with Gasteiger partial charge in [0.25, 0.3) is 0 Å². The Morgan fingerprint density at radius 1 is 1.05 bits per heavy atom. The highest BCUT2D eigenvalue weighted by molar-refractivity contribution is 9.39. The third-order valence-corrected chi connectivity index (χ3v) is 3.89. The van der Waals surface area contributed by atoms with Crippen LogP contribution >= 0.6 is 21.8 Å². The summed E-state index contributed by atoms with van der Waals surface area (Å²) in [6, 6.07) is 13.6. The minimum Gasteiger partial charge on any atom is -0.417 e. The lowest BCUT2D eigenvalue weighted by molar-refractivity contribution is 0.403. The maximum atomic E-state index is 11.3. The van der Waals surface area contributed by atoms with Crippen molar-refractivity contribution in [3.8, 4) is 16.9 Å². The molecule has 0 bridgehead atoms. The molecule has 0 fully saturated rings. The van der Waals surface area contributed by atoms with E-state index in [1.165, 1.54) is 0 Å². The summed E-state index contributed by atoms with van der Waals surface area (Å²) in [4.78, 5) is 9.22. The molecule has 0 amide bonds. The van der Waals surface area contributed by atoms with E-state index in [0.29, 0.717) is 5.75 Å². The quantitative estimate of drug-likeness (QED) is 0.813. The molecule has 0 saturated carbocycles. The summed E-state index contributed by atoms with van der Waals surface area (Å²) in [5.74, 6) is 0.417. The van der Waals surface area contributed by atoms with Crippen molar-refractivity contribution in [2.75, 3.05) is 0 Å². The van der Waals surface area contributed by atoms with Crippen molar-refractivity contribution in [1.82, 2.24) is 0 Å². The summed E-state index contributed by atoms with van der Waals surface area (Å²) in [6.07, 6.45) is -3.71. The maximum absolute atomic E-state index is 11.3. The van der Waals surface area contributed by atoms with Crippen molar-refractivity contribution >= 4 is 21.8 Å². The van der Waals surface area contributed by atoms with E-state index in [2.05, 4.69) is 15.5 Å². The molecule has 2 aromatic rings. The minimum absolute atomic E-state index is 0.417. The van der Waals surface area contributed by atoms with Crippen molar-refractivity contribution < 1.29 is 14.0 Å². The van der Waals surface area contributed by atoms with Gasteiger partial charge in [0.05, 0.1) is 15.5 Å². The molecule has 0 radical (unpaired) electrons. The second-order valence-corrected chi connectivity index (χ2v) is 8.04. The third kappa shape index (κ3) is 3.47. The van der Waals surface area contributed by atoms with Crippen LogP contribution in [0.15, 0.2) is 42.5 Å². The van der Waals surface area contributed by atoms with Gasteiger partial charge in [-0.15, -0.1) is 0 Å². The van der Waals surface area contributed by atoms with Crippen LogP contribution in [0.25, 0.3) is 11.1 Å². The molecule has 5 heteroatoms. The molecule has 1 unspecified atom stereocenters. The molecule has 0 saturated heterocycles. The minimum atomic E-state index is -3.71. The summed E-state index contributed by atoms with van der Waals surface area (Å²) >= 11 is 2.63. The van der Waals surface area contributed by atoms with E-state index in [0.717, 1.165) is 22.3 Å². The maximum Gasteiger partial charge on any atom is 0.444 e. The first kappa shape index (κ1) is 14.3. The summed E-state index contributed by atoms with van der Waals surface area (Å²) in [7, 11) is 0. The second kappa shape index (κ2) is 5.49. The molecule has 0 aromatic heterocycles. The zero-order valence-electron chi connectivity index (χ0n) is 10.6. The Morgan fingerprint density at radius 3 is 2.26 bits per heavy atom. The van der Waals surface area contributed by atoms with E-state index < -0.39 is 6.30 Å². The van der Waals surface area contributed by atoms with Gasteiger partial charge in [0.2, 0.25) is 0 Å². The lowest BCUT2D eigenvalue weighted by atomic mass is 9.96. The fourth-order valence-corrected chi connectivity index (χ4v) is 2.85. The van der Waals surface area contributed by atoms with Gasteiger partial charge in [-0.1, -0.05) is 36.4 Å². The summed E-state index contributed by atoms with van der Waals surface area (Å²) in [6.45, 7) is 3.85. The largest absolute Gasteiger partial charge is 0.444 e. The van der Waals surface area contributed by atoms with Gasteiger partial charge in [-0.05, 0) is 42.2 Å². The smallest absolute Gasteiger partial charge is 0.417 e. The standard InChI is InChI=1S/C14H14BrO3P/c1-10-11(2)14(18-19(15,16)17)9-8-13(10)12-6-4-3-5-7-12/h3-9H,1-2H3,(H,16,17). The molecule has 19 heavy (non-hydrogen) atoms. The molecule has 1 atom stereocenters. The van der Waals surface area contributed by atoms with Crippen molar-refractivity contribution in [2.24, 2.45) is 0 Å². The Labute approximate surface area is 120 Å². The van der Waals surface area contributed by atoms with Gasteiger partial charge < -0.3 is 9.42 Å². The number of halogens is 1. The number of rotatable bonds is 3. The highest BCUT2D eigenvalue weighted by Gasteiger charge is 2.18. The predicted molar refractivity (Wildman–Crippen MR) is 80.7 cm³/mol. The van der Waals surface area contributed by atoms with Crippen molar-refractivity contribution in [3.63, 3.8) is 0 Å². The molecule has 0 spiro atoms. The van der Waals surface area contributed by atoms with E-state index in [1.807, 2.05) is 50.2 Å². The van der Waals surface area contributed by atoms with Crippen LogP contribution in [-0.2, 0) is 4.57 Å². The lowest BCUT2D eigenvalue weighted by Gasteiger charge is -2.15. The first-order valence-electron chi connectivity index (χ1n) is 5.76. The molecular formula is C14H14BrO3P. The average Bonchev–Trinajstić information content (AvgIpc) is 2.35. The van der Waals surface area contributed by atoms with Crippen LogP contribution in [0.5, 0.6) is 5.75 Å². The zero-order chi connectivity index (χ0) is 14.0. The molecule has 0 heterocycles. The zero-order valence-corrected chi connectivity index (χ0v) is 13.1. The Balaban J connectivity index is 2.47. The van der Waals surface area contributed by atoms with Crippen molar-refractivity contribution in [1.29, 1.82) is 0 Å². The Kier molecular flexibility index (Phi) is 4.14. The van der Waals surface area contributed by atoms with Crippen LogP contribution in [0.1, 0.15) is 11.1 Å². The fraction of sp³-hybridized carbons (Fsp3) is 0.143. The molecule has 0 aliphatic carbocycles. The summed E-state index contributed by atoms with van der Waals surface area (Å²) < 4.78 is 16.3. The average molecular weight is 341 g/mol. The molecule has 2 rings (SSSR count). The van der Waals surface area contributed by atoms with Gasteiger partial charge in [-0.25, -0.2) is 4.57 Å². The van der Waals surface area contributed by atoms with Crippen molar-refractivity contribution in [3.05, 3.63) is 53.6 Å². The molecule has 0 aliphatic heterocycles. The number of hydrogen-bond donors (Lipinski definition) is 1. The summed E-state index contributed by atoms with van der Waals surface area (Å²) in [5, 5.41) is 0. The Morgan fingerprint density at radius 2 is 1.68 bits per heavy atom. The Hall–Kier alpha value is -1.09. The topological polar surface area (TPSA) is 46.5 Å². The van der Waals surface area contributed by atoms with Gasteiger partial charge >= 0.3 is 6.30 Å². The Bertz CT molecular complexity index is 635. The normalized spacial score (nSPS) is 13.9. The van der Waals surface area contributed by atoms with E-state index in [9.17, 15) is 9.46 Å². The predicted octanol–water partition coefficient (Wildman–Crippen LogP) is 4.84. The van der Waals surface area contributed by atoms with E-state index in [4.69, 9.17) is 4.52 Å². The van der Waals surface area contributed by atoms with Gasteiger partial charge in [0, 0.05) is 0 Å². The first-order chi connectivity index (χ1) is 8.88. The van der Waals surface area contributed by atoms with Crippen molar-refractivity contribution in [2.45, 2.75) is 13.8 Å². The van der Waals surface area contributed by atoms with E-state index in [-0.39, 0.29) is 0 Å². The fourth-order valence-electron chi connectivity index (χ4n) is 1.95. The van der Waals surface area contributed by atoms with Crippen LogP contribution in [0, 0.1) is 13.8 Å². The van der Waals surface area contributed by atoms with Gasteiger partial charge in [-0.3, -0.25) is 0 Å².